The molecule has 15 heavy (non-hydrogen) atoms. The summed E-state index contributed by atoms with van der Waals surface area (Å²) < 4.78 is 0. The number of halogens is 2. The molecule has 0 saturated heterocycles. The second kappa shape index (κ2) is 7.10. The van der Waals surface area contributed by atoms with E-state index < -0.39 is 5.60 Å². The van der Waals surface area contributed by atoms with E-state index in [1.165, 1.54) is 0 Å². The molecule has 0 aromatic heterocycles. The van der Waals surface area contributed by atoms with E-state index in [1.54, 1.807) is 12.1 Å². The Bertz CT molecular complexity index is 258. The van der Waals surface area contributed by atoms with Crippen LogP contribution < -0.4 is 0 Å². The number of rotatable bonds is 2. The summed E-state index contributed by atoms with van der Waals surface area (Å²) in [6.07, 6.45) is 1.70. The van der Waals surface area contributed by atoms with Crippen molar-refractivity contribution < 1.29 is 5.11 Å². The van der Waals surface area contributed by atoms with Gasteiger partial charge >= 0.3 is 0 Å². The zero-order valence-electron chi connectivity index (χ0n) is 9.43. The molecule has 0 amide bonds. The Labute approximate surface area is 102 Å². The fourth-order valence-corrected chi connectivity index (χ4v) is 0.961. The highest BCUT2D eigenvalue weighted by Crippen LogP contribution is 2.19. The Balaban J connectivity index is 0.000000265. The maximum Gasteiger partial charge on any atom is 0.0614 e. The minimum Gasteiger partial charge on any atom is -0.390 e. The zero-order chi connectivity index (χ0) is 11.9. The zero-order valence-corrected chi connectivity index (χ0v) is 10.9. The van der Waals surface area contributed by atoms with Gasteiger partial charge in [-0.2, -0.15) is 0 Å². The molecule has 3 heteroatoms. The molecule has 0 atom stereocenters. The third-order valence-electron chi connectivity index (χ3n) is 2.35. The maximum atomic E-state index is 9.13. The van der Waals surface area contributed by atoms with Gasteiger partial charge in [0.2, 0.25) is 0 Å². The number of benzene rings is 1. The summed E-state index contributed by atoms with van der Waals surface area (Å²) in [5, 5.41) is 10.3. The van der Waals surface area contributed by atoms with Crippen LogP contribution in [0.5, 0.6) is 0 Å². The smallest absolute Gasteiger partial charge is 0.0614 e. The predicted octanol–water partition coefficient (Wildman–Crippen LogP) is 4.55. The first-order valence-corrected chi connectivity index (χ1v) is 5.81. The molecule has 0 spiro atoms. The molecular weight excluding hydrogens is 231 g/mol. The molecule has 1 N–H and O–H groups in total. The minimum absolute atomic E-state index is 0.417. The van der Waals surface area contributed by atoms with Crippen LogP contribution in [0.3, 0.4) is 0 Å². The Morgan fingerprint density at radius 3 is 1.53 bits per heavy atom. The third kappa shape index (κ3) is 6.77. The standard InChI is InChI=1S/C6H4Cl2.C6H14O/c7-5-3-1-2-4-6(5)8;1-4-6(3,7)5-2/h1-4H;7H,4-5H2,1-3H3. The molecule has 1 rings (SSSR count). The van der Waals surface area contributed by atoms with E-state index >= 15 is 0 Å². The molecule has 0 fully saturated rings. The third-order valence-corrected chi connectivity index (χ3v) is 3.10. The Morgan fingerprint density at radius 1 is 1.07 bits per heavy atom. The van der Waals surface area contributed by atoms with Crippen molar-refractivity contribution in [1.82, 2.24) is 0 Å². The van der Waals surface area contributed by atoms with Crippen LogP contribution in [0.2, 0.25) is 10.0 Å². The summed E-state index contributed by atoms with van der Waals surface area (Å²) >= 11 is 11.2. The molecule has 0 unspecified atom stereocenters. The van der Waals surface area contributed by atoms with E-state index in [1.807, 2.05) is 32.9 Å². The van der Waals surface area contributed by atoms with Crippen LogP contribution in [-0.4, -0.2) is 10.7 Å². The van der Waals surface area contributed by atoms with Gasteiger partial charge in [0.05, 0.1) is 15.6 Å². The van der Waals surface area contributed by atoms with Gasteiger partial charge in [0, 0.05) is 0 Å². The van der Waals surface area contributed by atoms with E-state index in [0.717, 1.165) is 12.8 Å². The quantitative estimate of drug-likeness (QED) is 0.815. The van der Waals surface area contributed by atoms with Crippen LogP contribution in [0.15, 0.2) is 24.3 Å². The number of hydrogen-bond donors (Lipinski definition) is 1. The molecule has 0 aliphatic carbocycles. The fourth-order valence-electron chi connectivity index (χ4n) is 0.689. The van der Waals surface area contributed by atoms with E-state index in [4.69, 9.17) is 28.3 Å². The molecule has 1 aromatic carbocycles. The monoisotopic (exact) mass is 248 g/mol. The summed E-state index contributed by atoms with van der Waals surface area (Å²) in [7, 11) is 0. The van der Waals surface area contributed by atoms with Gasteiger partial charge in [0.15, 0.2) is 0 Å². The highest BCUT2D eigenvalue weighted by molar-refractivity contribution is 6.41. The van der Waals surface area contributed by atoms with E-state index in [0.29, 0.717) is 10.0 Å². The molecular formula is C12H18Cl2O. The van der Waals surface area contributed by atoms with Gasteiger partial charge in [0.1, 0.15) is 0 Å². The Hall–Kier alpha value is -0.240. The van der Waals surface area contributed by atoms with Gasteiger partial charge in [-0.25, -0.2) is 0 Å². The first kappa shape index (κ1) is 14.8. The van der Waals surface area contributed by atoms with Gasteiger partial charge in [-0.05, 0) is 31.9 Å². The van der Waals surface area contributed by atoms with E-state index in [2.05, 4.69) is 0 Å². The maximum absolute atomic E-state index is 9.13. The van der Waals surface area contributed by atoms with E-state index in [-0.39, 0.29) is 0 Å². The first-order valence-electron chi connectivity index (χ1n) is 5.05. The van der Waals surface area contributed by atoms with Crippen molar-refractivity contribution in [3.05, 3.63) is 34.3 Å². The first-order chi connectivity index (χ1) is 6.93. The molecule has 0 saturated carbocycles. The topological polar surface area (TPSA) is 20.2 Å². The lowest BCUT2D eigenvalue weighted by molar-refractivity contribution is 0.0521. The van der Waals surface area contributed by atoms with Crippen LogP contribution in [0.25, 0.3) is 0 Å². The van der Waals surface area contributed by atoms with Crippen LogP contribution in [0, 0.1) is 0 Å². The van der Waals surface area contributed by atoms with Gasteiger partial charge < -0.3 is 5.11 Å². The number of aliphatic hydroxyl groups is 1. The van der Waals surface area contributed by atoms with Crippen molar-refractivity contribution >= 4 is 23.2 Å². The van der Waals surface area contributed by atoms with Gasteiger partial charge in [0.25, 0.3) is 0 Å². The van der Waals surface area contributed by atoms with Crippen LogP contribution in [-0.2, 0) is 0 Å². The minimum atomic E-state index is -0.417. The van der Waals surface area contributed by atoms with Crippen molar-refractivity contribution in [3.63, 3.8) is 0 Å². The van der Waals surface area contributed by atoms with Crippen LogP contribution in [0.4, 0.5) is 0 Å². The van der Waals surface area contributed by atoms with Crippen molar-refractivity contribution in [2.24, 2.45) is 0 Å². The largest absolute Gasteiger partial charge is 0.390 e. The van der Waals surface area contributed by atoms with Crippen molar-refractivity contribution in [2.75, 3.05) is 0 Å². The fraction of sp³-hybridized carbons (Fsp3) is 0.500. The lowest BCUT2D eigenvalue weighted by atomic mass is 10.0. The second-order valence-corrected chi connectivity index (χ2v) is 4.43. The van der Waals surface area contributed by atoms with Crippen molar-refractivity contribution in [2.45, 2.75) is 39.2 Å². The van der Waals surface area contributed by atoms with Gasteiger partial charge in [-0.15, -0.1) is 0 Å². The predicted molar refractivity (Wildman–Crippen MR) is 67.7 cm³/mol. The van der Waals surface area contributed by atoms with Gasteiger partial charge in [-0.3, -0.25) is 0 Å². The molecule has 1 nitrogen and oxygen atoms in total. The molecule has 0 bridgehead atoms. The molecule has 86 valence electrons. The summed E-state index contributed by atoms with van der Waals surface area (Å²) in [6, 6.07) is 7.19. The summed E-state index contributed by atoms with van der Waals surface area (Å²) in [5.41, 5.74) is -0.417. The lowest BCUT2D eigenvalue weighted by Crippen LogP contribution is -2.20. The highest BCUT2D eigenvalue weighted by Gasteiger charge is 2.12. The summed E-state index contributed by atoms with van der Waals surface area (Å²) in [6.45, 7) is 5.83. The SMILES string of the molecule is CCC(C)(O)CC.Clc1ccccc1Cl. The highest BCUT2D eigenvalue weighted by atomic mass is 35.5. The average Bonchev–Trinajstić information content (AvgIpc) is 2.23. The molecule has 0 radical (unpaired) electrons. The molecule has 0 heterocycles. The summed E-state index contributed by atoms with van der Waals surface area (Å²) in [5.74, 6) is 0. The Kier molecular flexibility index (Phi) is 6.99. The molecule has 0 aliphatic heterocycles. The molecule has 1 aromatic rings. The second-order valence-electron chi connectivity index (χ2n) is 3.62. The van der Waals surface area contributed by atoms with E-state index in [9.17, 15) is 0 Å². The lowest BCUT2D eigenvalue weighted by Gasteiger charge is -2.17. The Morgan fingerprint density at radius 2 is 1.40 bits per heavy atom. The average molecular weight is 249 g/mol. The van der Waals surface area contributed by atoms with Gasteiger partial charge in [-0.1, -0.05) is 49.2 Å². The van der Waals surface area contributed by atoms with Crippen molar-refractivity contribution in [3.8, 4) is 0 Å². The van der Waals surface area contributed by atoms with Crippen LogP contribution in [0.1, 0.15) is 33.6 Å². The van der Waals surface area contributed by atoms with Crippen LogP contribution >= 0.6 is 23.2 Å². The summed E-state index contributed by atoms with van der Waals surface area (Å²) in [4.78, 5) is 0. The van der Waals surface area contributed by atoms with Crippen molar-refractivity contribution in [1.29, 1.82) is 0 Å². The molecule has 0 aliphatic rings. The number of hydrogen-bond acceptors (Lipinski definition) is 1. The normalized spacial score (nSPS) is 10.5.